The number of nitrogens with zero attached hydrogens (tertiary/aromatic N) is 3. The Morgan fingerprint density at radius 1 is 0.911 bits per heavy atom. The van der Waals surface area contributed by atoms with Gasteiger partial charge in [0, 0.05) is 28.9 Å². The average Bonchev–Trinajstić information content (AvgIpc) is 3.47. The van der Waals surface area contributed by atoms with Gasteiger partial charge in [-0.1, -0.05) is 65.6 Å². The maximum atomic E-state index is 13.9. The second-order valence-electron chi connectivity index (χ2n) is 10.6. The smallest absolute Gasteiger partial charge is 0.325 e. The first-order valence-corrected chi connectivity index (χ1v) is 15.4. The molecule has 1 saturated heterocycles. The number of hydrogen-bond acceptors (Lipinski definition) is 7. The number of hydrogen-bond donors (Lipinski definition) is 1. The molecule has 13 heteroatoms. The number of nitrogens with one attached hydrogen (secondary N) is 1. The molecular formula is C32H21F3N4O4S2. The predicted octanol–water partition coefficient (Wildman–Crippen LogP) is 5.91. The Balaban J connectivity index is 1.25. The zero-order valence-corrected chi connectivity index (χ0v) is 24.7. The molecule has 0 aliphatic carbocycles. The number of pyridine rings is 1. The highest BCUT2D eigenvalue weighted by Crippen LogP contribution is 2.54. The average molecular weight is 647 g/mol. The molecule has 45 heavy (non-hydrogen) atoms. The monoisotopic (exact) mass is 646 g/mol. The molecule has 0 bridgehead atoms. The first-order chi connectivity index (χ1) is 21.6. The summed E-state index contributed by atoms with van der Waals surface area (Å²) in [5.74, 6) is -3.62. The summed E-state index contributed by atoms with van der Waals surface area (Å²) in [6.45, 7) is -0.346. The molecule has 4 heterocycles. The van der Waals surface area contributed by atoms with Gasteiger partial charge in [0.15, 0.2) is 0 Å². The van der Waals surface area contributed by atoms with Crippen molar-refractivity contribution in [3.8, 4) is 0 Å². The summed E-state index contributed by atoms with van der Waals surface area (Å²) in [6, 6.07) is 20.6. The van der Waals surface area contributed by atoms with E-state index in [1.807, 2.05) is 36.4 Å². The molecule has 2 aliphatic rings. The maximum absolute atomic E-state index is 13.9. The Bertz CT molecular complexity index is 2060. The van der Waals surface area contributed by atoms with Crippen LogP contribution in [0, 0.1) is 5.92 Å². The molecule has 2 aromatic heterocycles. The summed E-state index contributed by atoms with van der Waals surface area (Å²) >= 11 is 1.86. The van der Waals surface area contributed by atoms with Crippen LogP contribution in [0.5, 0.6) is 0 Å². The summed E-state index contributed by atoms with van der Waals surface area (Å²) < 4.78 is 41.8. The summed E-state index contributed by atoms with van der Waals surface area (Å²) in [7, 11) is 0. The van der Waals surface area contributed by atoms with Crippen LogP contribution in [-0.2, 0) is 27.1 Å². The van der Waals surface area contributed by atoms with Crippen molar-refractivity contribution < 1.29 is 27.6 Å². The highest BCUT2D eigenvalue weighted by molar-refractivity contribution is 8.00. The fourth-order valence-corrected chi connectivity index (χ4v) is 8.63. The van der Waals surface area contributed by atoms with Crippen molar-refractivity contribution in [3.05, 3.63) is 117 Å². The SMILES string of the molecule is O=C(Cn1c2c(sc1=O)[C@@H](c1cccnc1)[C@@H]1C(=O)N(c3cccc(C(F)(F)F)c3)C(=O)[C@@H]1S2)Nc1ccc2ccccc2c1. The van der Waals surface area contributed by atoms with Crippen molar-refractivity contribution in [3.63, 3.8) is 0 Å². The van der Waals surface area contributed by atoms with Crippen LogP contribution in [-0.4, -0.2) is 32.5 Å². The van der Waals surface area contributed by atoms with E-state index in [9.17, 15) is 32.3 Å². The van der Waals surface area contributed by atoms with E-state index in [0.29, 0.717) is 21.2 Å². The summed E-state index contributed by atoms with van der Waals surface area (Å²) in [6.07, 6.45) is -1.59. The van der Waals surface area contributed by atoms with Gasteiger partial charge in [-0.2, -0.15) is 13.2 Å². The highest BCUT2D eigenvalue weighted by atomic mass is 32.2. The van der Waals surface area contributed by atoms with Gasteiger partial charge in [-0.25, -0.2) is 4.90 Å². The van der Waals surface area contributed by atoms with E-state index in [1.165, 1.54) is 16.8 Å². The Kier molecular flexibility index (Phi) is 7.09. The number of anilines is 2. The van der Waals surface area contributed by atoms with Gasteiger partial charge in [0.25, 0.3) is 0 Å². The van der Waals surface area contributed by atoms with Gasteiger partial charge < -0.3 is 5.32 Å². The molecule has 7 rings (SSSR count). The molecule has 3 atom stereocenters. The number of fused-ring (bicyclic) bond motifs is 3. The summed E-state index contributed by atoms with van der Waals surface area (Å²) in [4.78, 5) is 59.3. The van der Waals surface area contributed by atoms with Gasteiger partial charge in [0.1, 0.15) is 11.8 Å². The van der Waals surface area contributed by atoms with E-state index < -0.39 is 51.4 Å². The molecule has 0 radical (unpaired) electrons. The van der Waals surface area contributed by atoms with Crippen molar-refractivity contribution in [2.24, 2.45) is 5.92 Å². The third-order valence-electron chi connectivity index (χ3n) is 7.86. The molecule has 1 N–H and O–H groups in total. The highest BCUT2D eigenvalue weighted by Gasteiger charge is 2.57. The first-order valence-electron chi connectivity index (χ1n) is 13.7. The summed E-state index contributed by atoms with van der Waals surface area (Å²) in [5, 5.41) is 4.06. The van der Waals surface area contributed by atoms with E-state index in [-0.39, 0.29) is 12.2 Å². The number of alkyl halides is 3. The maximum Gasteiger partial charge on any atom is 0.416 e. The van der Waals surface area contributed by atoms with Gasteiger partial charge in [0.2, 0.25) is 17.7 Å². The minimum Gasteiger partial charge on any atom is -0.325 e. The van der Waals surface area contributed by atoms with Crippen molar-refractivity contribution in [1.82, 2.24) is 9.55 Å². The Hall–Kier alpha value is -4.75. The van der Waals surface area contributed by atoms with Crippen LogP contribution in [0.1, 0.15) is 21.9 Å². The van der Waals surface area contributed by atoms with Crippen molar-refractivity contribution in [2.45, 2.75) is 28.9 Å². The largest absolute Gasteiger partial charge is 0.416 e. The third-order valence-corrected chi connectivity index (χ3v) is 10.5. The number of halogens is 3. The Morgan fingerprint density at radius 3 is 2.47 bits per heavy atom. The second kappa shape index (κ2) is 11.0. The van der Waals surface area contributed by atoms with Gasteiger partial charge in [-0.3, -0.25) is 28.7 Å². The summed E-state index contributed by atoms with van der Waals surface area (Å²) in [5.41, 5.74) is -0.0622. The van der Waals surface area contributed by atoms with E-state index in [2.05, 4.69) is 10.3 Å². The fraction of sp³-hybridized carbons (Fsp3) is 0.156. The van der Waals surface area contributed by atoms with Crippen molar-refractivity contribution in [2.75, 3.05) is 10.2 Å². The molecule has 1 fully saturated rings. The molecule has 0 spiro atoms. The molecular weight excluding hydrogens is 626 g/mol. The van der Waals surface area contributed by atoms with Crippen LogP contribution in [0.4, 0.5) is 24.5 Å². The van der Waals surface area contributed by atoms with Crippen LogP contribution in [0.3, 0.4) is 0 Å². The van der Waals surface area contributed by atoms with Crippen molar-refractivity contribution >= 4 is 63.0 Å². The van der Waals surface area contributed by atoms with Crippen LogP contribution >= 0.6 is 23.1 Å². The van der Waals surface area contributed by atoms with E-state index in [0.717, 1.165) is 57.0 Å². The molecule has 8 nitrogen and oxygen atoms in total. The fourth-order valence-electron chi connectivity index (χ4n) is 5.86. The normalized spacial score (nSPS) is 19.4. The van der Waals surface area contributed by atoms with E-state index in [1.54, 1.807) is 24.4 Å². The number of carbonyl (C=O) groups excluding carboxylic acids is 3. The minimum atomic E-state index is -4.67. The third kappa shape index (κ3) is 5.11. The van der Waals surface area contributed by atoms with Gasteiger partial charge in [-0.15, -0.1) is 0 Å². The molecule has 0 unspecified atom stereocenters. The Morgan fingerprint density at radius 2 is 1.71 bits per heavy atom. The standard InChI is InChI=1S/C32H21F3N4O4S2/c33-32(34,35)20-8-3-9-22(14-20)39-28(41)25-24(19-7-4-12-36-15-19)27-30(44-26(25)29(39)42)38(31(43)45-27)16-23(40)37-21-11-10-17-5-1-2-6-18(17)13-21/h1-15,24-26H,16H2,(H,37,40)/t24-,25-,26+/m0/s1. The van der Waals surface area contributed by atoms with Crippen LogP contribution in [0.25, 0.3) is 10.8 Å². The zero-order chi connectivity index (χ0) is 31.5. The Labute approximate surface area is 261 Å². The molecule has 3 amide bonds. The first kappa shape index (κ1) is 29.0. The quantitative estimate of drug-likeness (QED) is 0.238. The number of aromatic nitrogens is 2. The number of imide groups is 1. The van der Waals surface area contributed by atoms with Crippen LogP contribution in [0.15, 0.2) is 101 Å². The second-order valence-corrected chi connectivity index (χ2v) is 12.7. The number of rotatable bonds is 5. The lowest BCUT2D eigenvalue weighted by Gasteiger charge is -2.30. The van der Waals surface area contributed by atoms with Crippen molar-refractivity contribution in [1.29, 1.82) is 0 Å². The topological polar surface area (TPSA) is 101 Å². The van der Waals surface area contributed by atoms with Crippen LogP contribution < -0.4 is 15.1 Å². The van der Waals surface area contributed by atoms with Gasteiger partial charge in [-0.05, 0) is 52.7 Å². The molecule has 0 saturated carbocycles. The lowest BCUT2D eigenvalue weighted by molar-refractivity contribution is -0.137. The van der Waals surface area contributed by atoms with Gasteiger partial charge in [0.05, 0.1) is 22.2 Å². The number of carbonyl (C=O) groups is 3. The number of thiazole rings is 1. The van der Waals surface area contributed by atoms with Crippen LogP contribution in [0.2, 0.25) is 0 Å². The molecule has 226 valence electrons. The number of thioether (sulfide) groups is 1. The number of benzene rings is 3. The van der Waals surface area contributed by atoms with E-state index >= 15 is 0 Å². The number of amides is 3. The predicted molar refractivity (Wildman–Crippen MR) is 164 cm³/mol. The van der Waals surface area contributed by atoms with E-state index in [4.69, 9.17) is 0 Å². The molecule has 2 aliphatic heterocycles. The minimum absolute atomic E-state index is 0.185. The molecule has 3 aromatic carbocycles. The zero-order valence-electron chi connectivity index (χ0n) is 23.0. The molecule has 5 aromatic rings. The lowest BCUT2D eigenvalue weighted by Crippen LogP contribution is -2.33. The lowest BCUT2D eigenvalue weighted by atomic mass is 9.84. The van der Waals surface area contributed by atoms with Gasteiger partial charge >= 0.3 is 11.0 Å².